The molecule has 1 atom stereocenters. The number of esters is 1. The van der Waals surface area contributed by atoms with Crippen molar-refractivity contribution >= 4 is 35.1 Å². The lowest BCUT2D eigenvalue weighted by Gasteiger charge is -2.21. The number of hydrogen-bond acceptors (Lipinski definition) is 4. The summed E-state index contributed by atoms with van der Waals surface area (Å²) in [6.07, 6.45) is 1.30. The summed E-state index contributed by atoms with van der Waals surface area (Å²) >= 11 is 6.01. The Balaban J connectivity index is 2.19. The number of carbonyl (C=O) groups excluding carboxylic acids is 3. The monoisotopic (exact) mass is 338 g/mol. The van der Waals surface area contributed by atoms with Crippen LogP contribution in [0.4, 0.5) is 5.69 Å². The molecule has 0 bridgehead atoms. The van der Waals surface area contributed by atoms with Crippen LogP contribution in [0.25, 0.3) is 0 Å². The summed E-state index contributed by atoms with van der Waals surface area (Å²) in [5.41, 5.74) is 0.865. The standard InChI is InChI=1S/C16H19ClN2O4/c1-10(8-15(21)23-2)18-16(22)12-6-5-11(17)9-13(12)19-7-3-4-14(19)20/h5-6,9-10H,3-4,7-8H2,1-2H3,(H,18,22). The van der Waals surface area contributed by atoms with Gasteiger partial charge in [-0.25, -0.2) is 0 Å². The molecule has 1 N–H and O–H groups in total. The van der Waals surface area contributed by atoms with Gasteiger partial charge in [0.2, 0.25) is 5.91 Å². The van der Waals surface area contributed by atoms with Crippen molar-refractivity contribution in [3.63, 3.8) is 0 Å². The van der Waals surface area contributed by atoms with Crippen molar-refractivity contribution in [3.8, 4) is 0 Å². The fourth-order valence-corrected chi connectivity index (χ4v) is 2.68. The normalized spacial score (nSPS) is 15.4. The van der Waals surface area contributed by atoms with E-state index >= 15 is 0 Å². The molecule has 1 fully saturated rings. The lowest BCUT2D eigenvalue weighted by molar-refractivity contribution is -0.141. The van der Waals surface area contributed by atoms with E-state index in [-0.39, 0.29) is 24.3 Å². The second-order valence-electron chi connectivity index (χ2n) is 5.47. The fraction of sp³-hybridized carbons (Fsp3) is 0.438. The first-order valence-corrected chi connectivity index (χ1v) is 7.77. The van der Waals surface area contributed by atoms with Crippen LogP contribution in [0.3, 0.4) is 0 Å². The highest BCUT2D eigenvalue weighted by atomic mass is 35.5. The molecule has 2 rings (SSSR count). The number of hydrogen-bond donors (Lipinski definition) is 1. The molecule has 7 heteroatoms. The molecule has 23 heavy (non-hydrogen) atoms. The Morgan fingerprint density at radius 1 is 1.43 bits per heavy atom. The van der Waals surface area contributed by atoms with Gasteiger partial charge in [-0.15, -0.1) is 0 Å². The lowest BCUT2D eigenvalue weighted by Crippen LogP contribution is -2.36. The Morgan fingerprint density at radius 3 is 2.78 bits per heavy atom. The zero-order valence-electron chi connectivity index (χ0n) is 13.1. The van der Waals surface area contributed by atoms with Crippen molar-refractivity contribution < 1.29 is 19.1 Å². The minimum absolute atomic E-state index is 0.0241. The van der Waals surface area contributed by atoms with Crippen LogP contribution >= 0.6 is 11.6 Å². The number of nitrogens with one attached hydrogen (secondary N) is 1. The number of halogens is 1. The number of amides is 2. The minimum Gasteiger partial charge on any atom is -0.469 e. The molecule has 2 amide bonds. The highest BCUT2D eigenvalue weighted by Gasteiger charge is 2.26. The quantitative estimate of drug-likeness (QED) is 0.835. The molecular weight excluding hydrogens is 320 g/mol. The second-order valence-corrected chi connectivity index (χ2v) is 5.90. The highest BCUT2D eigenvalue weighted by Crippen LogP contribution is 2.28. The number of methoxy groups -OCH3 is 1. The molecule has 1 aromatic carbocycles. The third-order valence-electron chi connectivity index (χ3n) is 3.65. The van der Waals surface area contributed by atoms with E-state index in [9.17, 15) is 14.4 Å². The van der Waals surface area contributed by atoms with Gasteiger partial charge in [0.05, 0.1) is 24.8 Å². The summed E-state index contributed by atoms with van der Waals surface area (Å²) in [5, 5.41) is 3.20. The molecule has 0 aliphatic carbocycles. The Bertz CT molecular complexity index is 633. The largest absolute Gasteiger partial charge is 0.469 e. The number of carbonyl (C=O) groups is 3. The molecule has 1 heterocycles. The van der Waals surface area contributed by atoms with Gasteiger partial charge in [-0.2, -0.15) is 0 Å². The van der Waals surface area contributed by atoms with Gasteiger partial charge < -0.3 is 15.0 Å². The van der Waals surface area contributed by atoms with E-state index in [2.05, 4.69) is 10.1 Å². The smallest absolute Gasteiger partial charge is 0.307 e. The van der Waals surface area contributed by atoms with Gasteiger partial charge in [-0.1, -0.05) is 11.6 Å². The first-order valence-electron chi connectivity index (χ1n) is 7.40. The Hall–Kier alpha value is -2.08. The van der Waals surface area contributed by atoms with Gasteiger partial charge in [-0.05, 0) is 31.5 Å². The molecule has 0 aromatic heterocycles. The van der Waals surface area contributed by atoms with Crippen molar-refractivity contribution in [2.24, 2.45) is 0 Å². The van der Waals surface area contributed by atoms with Crippen LogP contribution < -0.4 is 10.2 Å². The average Bonchev–Trinajstić information content (AvgIpc) is 2.92. The summed E-state index contributed by atoms with van der Waals surface area (Å²) < 4.78 is 4.58. The number of rotatable bonds is 5. The molecule has 1 aliphatic rings. The van der Waals surface area contributed by atoms with Gasteiger partial charge in [-0.3, -0.25) is 14.4 Å². The van der Waals surface area contributed by atoms with Gasteiger partial charge in [0.25, 0.3) is 5.91 Å². The Morgan fingerprint density at radius 2 is 2.17 bits per heavy atom. The van der Waals surface area contributed by atoms with E-state index in [0.717, 1.165) is 6.42 Å². The molecule has 6 nitrogen and oxygen atoms in total. The van der Waals surface area contributed by atoms with Crippen LogP contribution in [0.5, 0.6) is 0 Å². The molecule has 1 saturated heterocycles. The van der Waals surface area contributed by atoms with E-state index in [1.165, 1.54) is 7.11 Å². The maximum atomic E-state index is 12.5. The third kappa shape index (κ3) is 4.22. The van der Waals surface area contributed by atoms with Crippen LogP contribution in [0.2, 0.25) is 5.02 Å². The zero-order chi connectivity index (χ0) is 17.0. The first kappa shape index (κ1) is 17.3. The third-order valence-corrected chi connectivity index (χ3v) is 3.88. The van der Waals surface area contributed by atoms with Gasteiger partial charge in [0.15, 0.2) is 0 Å². The predicted molar refractivity (Wildman–Crippen MR) is 86.6 cm³/mol. The first-order chi connectivity index (χ1) is 10.9. The van der Waals surface area contributed by atoms with E-state index < -0.39 is 5.97 Å². The van der Waals surface area contributed by atoms with Crippen molar-refractivity contribution in [2.45, 2.75) is 32.2 Å². The summed E-state index contributed by atoms with van der Waals surface area (Å²) in [6.45, 7) is 2.28. The van der Waals surface area contributed by atoms with E-state index in [1.807, 2.05) is 0 Å². The van der Waals surface area contributed by atoms with Gasteiger partial charge in [0.1, 0.15) is 0 Å². The van der Waals surface area contributed by atoms with Crippen molar-refractivity contribution in [1.82, 2.24) is 5.32 Å². The van der Waals surface area contributed by atoms with Crippen molar-refractivity contribution in [2.75, 3.05) is 18.6 Å². The van der Waals surface area contributed by atoms with E-state index in [0.29, 0.717) is 29.2 Å². The number of benzene rings is 1. The molecule has 1 aliphatic heterocycles. The summed E-state index contributed by atoms with van der Waals surface area (Å²) in [7, 11) is 1.30. The Kier molecular flexibility index (Phi) is 5.60. The van der Waals surface area contributed by atoms with Crippen LogP contribution in [0, 0.1) is 0 Å². The molecule has 0 saturated carbocycles. The van der Waals surface area contributed by atoms with Gasteiger partial charge >= 0.3 is 5.97 Å². The highest BCUT2D eigenvalue weighted by molar-refractivity contribution is 6.31. The summed E-state index contributed by atoms with van der Waals surface area (Å²) in [6, 6.07) is 4.42. The second kappa shape index (κ2) is 7.46. The maximum absolute atomic E-state index is 12.5. The zero-order valence-corrected chi connectivity index (χ0v) is 13.9. The number of ether oxygens (including phenoxy) is 1. The maximum Gasteiger partial charge on any atom is 0.307 e. The minimum atomic E-state index is -0.399. The molecule has 0 radical (unpaired) electrons. The average molecular weight is 339 g/mol. The van der Waals surface area contributed by atoms with Crippen LogP contribution in [0.15, 0.2) is 18.2 Å². The predicted octanol–water partition coefficient (Wildman–Crippen LogP) is 2.15. The van der Waals surface area contributed by atoms with Gasteiger partial charge in [0, 0.05) is 24.0 Å². The van der Waals surface area contributed by atoms with Crippen molar-refractivity contribution in [1.29, 1.82) is 0 Å². The number of anilines is 1. The van der Waals surface area contributed by atoms with Crippen LogP contribution in [0.1, 0.15) is 36.5 Å². The fourth-order valence-electron chi connectivity index (χ4n) is 2.51. The molecule has 1 unspecified atom stereocenters. The lowest BCUT2D eigenvalue weighted by atomic mass is 10.1. The molecule has 0 spiro atoms. The topological polar surface area (TPSA) is 75.7 Å². The van der Waals surface area contributed by atoms with E-state index in [4.69, 9.17) is 11.6 Å². The summed E-state index contributed by atoms with van der Waals surface area (Å²) in [4.78, 5) is 37.3. The van der Waals surface area contributed by atoms with Crippen LogP contribution in [-0.4, -0.2) is 37.5 Å². The van der Waals surface area contributed by atoms with Crippen molar-refractivity contribution in [3.05, 3.63) is 28.8 Å². The van der Waals surface area contributed by atoms with Crippen LogP contribution in [-0.2, 0) is 14.3 Å². The number of nitrogens with zero attached hydrogens (tertiary/aromatic N) is 1. The summed E-state index contributed by atoms with van der Waals surface area (Å²) in [5.74, 6) is -0.777. The Labute approximate surface area is 139 Å². The molecular formula is C16H19ClN2O4. The molecule has 124 valence electrons. The molecule has 1 aromatic rings. The SMILES string of the molecule is COC(=O)CC(C)NC(=O)c1ccc(Cl)cc1N1CCCC1=O. The van der Waals surface area contributed by atoms with E-state index in [1.54, 1.807) is 30.0 Å².